The quantitative estimate of drug-likeness (QED) is 0.275. The van der Waals surface area contributed by atoms with Crippen molar-refractivity contribution < 1.29 is 4.79 Å². The number of benzene rings is 1. The van der Waals surface area contributed by atoms with E-state index in [0.717, 1.165) is 85.1 Å². The summed E-state index contributed by atoms with van der Waals surface area (Å²) >= 11 is 3.55. The predicted molar refractivity (Wildman–Crippen MR) is 161 cm³/mol. The Balaban J connectivity index is 1.23. The SMILES string of the molecule is Cc1c(NCCN2CCCC2)cc(C(=O)Nc2cccnc2)cc1N1CCN(c2ncnc3n[nH]c(Br)c23)CC1. The van der Waals surface area contributed by atoms with Gasteiger partial charge < -0.3 is 25.3 Å². The van der Waals surface area contributed by atoms with Gasteiger partial charge in [0.15, 0.2) is 5.65 Å². The van der Waals surface area contributed by atoms with E-state index in [2.05, 4.69) is 73.3 Å². The number of anilines is 4. The summed E-state index contributed by atoms with van der Waals surface area (Å²) in [4.78, 5) is 33.4. The first-order valence-corrected chi connectivity index (χ1v) is 14.5. The van der Waals surface area contributed by atoms with Crippen molar-refractivity contribution in [1.82, 2.24) is 30.0 Å². The zero-order chi connectivity index (χ0) is 27.5. The number of rotatable bonds is 8. The van der Waals surface area contributed by atoms with Crippen LogP contribution in [0.1, 0.15) is 28.8 Å². The third-order valence-electron chi connectivity index (χ3n) is 7.71. The molecule has 12 heteroatoms. The van der Waals surface area contributed by atoms with Gasteiger partial charge in [-0.15, -0.1) is 0 Å². The van der Waals surface area contributed by atoms with Crippen molar-refractivity contribution in [3.8, 4) is 0 Å². The van der Waals surface area contributed by atoms with Gasteiger partial charge in [-0.2, -0.15) is 5.10 Å². The second-order valence-electron chi connectivity index (χ2n) is 10.2. The molecule has 2 aliphatic rings. The minimum atomic E-state index is -0.149. The second kappa shape index (κ2) is 11.8. The maximum Gasteiger partial charge on any atom is 0.255 e. The number of carbonyl (C=O) groups excluding carboxylic acids is 1. The van der Waals surface area contributed by atoms with E-state index in [-0.39, 0.29) is 5.91 Å². The molecule has 0 saturated carbocycles. The summed E-state index contributed by atoms with van der Waals surface area (Å²) in [6.07, 6.45) is 7.46. The average molecular weight is 606 g/mol. The maximum atomic E-state index is 13.3. The first kappa shape index (κ1) is 26.5. The molecule has 0 spiro atoms. The number of piperazine rings is 1. The number of aromatic nitrogens is 5. The van der Waals surface area contributed by atoms with Crippen LogP contribution in [0.3, 0.4) is 0 Å². The molecule has 2 fully saturated rings. The molecule has 0 bridgehead atoms. The van der Waals surface area contributed by atoms with Crippen LogP contribution in [0.5, 0.6) is 0 Å². The van der Waals surface area contributed by atoms with Crippen molar-refractivity contribution in [1.29, 1.82) is 0 Å². The molecule has 3 N–H and O–H groups in total. The molecule has 6 rings (SSSR count). The number of nitrogens with zero attached hydrogens (tertiary/aromatic N) is 7. The van der Waals surface area contributed by atoms with Gasteiger partial charge in [-0.1, -0.05) is 0 Å². The average Bonchev–Trinajstić information content (AvgIpc) is 3.64. The minimum Gasteiger partial charge on any atom is -0.383 e. The number of amides is 1. The summed E-state index contributed by atoms with van der Waals surface area (Å²) in [6, 6.07) is 7.64. The zero-order valence-electron chi connectivity index (χ0n) is 22.5. The number of pyridine rings is 1. The fourth-order valence-electron chi connectivity index (χ4n) is 5.54. The highest BCUT2D eigenvalue weighted by Gasteiger charge is 2.25. The highest BCUT2D eigenvalue weighted by Crippen LogP contribution is 2.33. The number of carbonyl (C=O) groups is 1. The van der Waals surface area contributed by atoms with Gasteiger partial charge in [-0.25, -0.2) is 9.97 Å². The fraction of sp³-hybridized carbons (Fsp3) is 0.393. The Morgan fingerprint density at radius 1 is 1.07 bits per heavy atom. The predicted octanol–water partition coefficient (Wildman–Crippen LogP) is 3.91. The van der Waals surface area contributed by atoms with E-state index in [1.54, 1.807) is 18.7 Å². The highest BCUT2D eigenvalue weighted by molar-refractivity contribution is 9.10. The van der Waals surface area contributed by atoms with Crippen molar-refractivity contribution in [2.45, 2.75) is 19.8 Å². The molecule has 11 nitrogen and oxygen atoms in total. The van der Waals surface area contributed by atoms with E-state index in [9.17, 15) is 4.79 Å². The van der Waals surface area contributed by atoms with Gasteiger partial charge in [-0.05, 0) is 78.6 Å². The van der Waals surface area contributed by atoms with E-state index in [0.29, 0.717) is 16.9 Å². The van der Waals surface area contributed by atoms with E-state index in [4.69, 9.17) is 0 Å². The van der Waals surface area contributed by atoms with Crippen LogP contribution in [0.2, 0.25) is 0 Å². The Bertz CT molecular complexity index is 1480. The molecule has 0 aliphatic carbocycles. The van der Waals surface area contributed by atoms with Gasteiger partial charge in [-0.3, -0.25) is 14.9 Å². The van der Waals surface area contributed by atoms with Crippen molar-refractivity contribution in [3.05, 3.63) is 58.7 Å². The van der Waals surface area contributed by atoms with Crippen LogP contribution in [0.15, 0.2) is 47.6 Å². The molecule has 0 atom stereocenters. The zero-order valence-corrected chi connectivity index (χ0v) is 24.1. The minimum absolute atomic E-state index is 0.149. The Hall–Kier alpha value is -3.77. The lowest BCUT2D eigenvalue weighted by atomic mass is 10.0. The number of aromatic amines is 1. The molecule has 1 aromatic carbocycles. The summed E-state index contributed by atoms with van der Waals surface area (Å²) in [5.74, 6) is 0.722. The first-order valence-electron chi connectivity index (χ1n) is 13.7. The molecule has 40 heavy (non-hydrogen) atoms. The summed E-state index contributed by atoms with van der Waals surface area (Å²) in [5.41, 5.74) is 5.15. The third kappa shape index (κ3) is 5.59. The van der Waals surface area contributed by atoms with Gasteiger partial charge in [0.1, 0.15) is 16.7 Å². The summed E-state index contributed by atoms with van der Waals surface area (Å²) in [7, 11) is 0. The molecule has 1 amide bonds. The van der Waals surface area contributed by atoms with Gasteiger partial charge in [0.25, 0.3) is 5.91 Å². The second-order valence-corrected chi connectivity index (χ2v) is 11.0. The molecule has 5 heterocycles. The molecule has 0 unspecified atom stereocenters. The number of H-pyrrole nitrogens is 1. The lowest BCUT2D eigenvalue weighted by molar-refractivity contribution is 0.102. The van der Waals surface area contributed by atoms with Crippen LogP contribution in [0.25, 0.3) is 11.0 Å². The highest BCUT2D eigenvalue weighted by atomic mass is 79.9. The van der Waals surface area contributed by atoms with E-state index in [1.165, 1.54) is 12.8 Å². The number of fused-ring (bicyclic) bond motifs is 1. The Kier molecular flexibility index (Phi) is 7.78. The van der Waals surface area contributed by atoms with Gasteiger partial charge in [0.2, 0.25) is 0 Å². The van der Waals surface area contributed by atoms with Crippen LogP contribution in [0.4, 0.5) is 22.9 Å². The molecular formula is C28H33BrN10O. The molecule has 4 aromatic rings. The summed E-state index contributed by atoms with van der Waals surface area (Å²) in [5, 5.41) is 14.7. The lowest BCUT2D eigenvalue weighted by Crippen LogP contribution is -2.47. The van der Waals surface area contributed by atoms with Crippen LogP contribution < -0.4 is 20.4 Å². The fourth-order valence-corrected chi connectivity index (χ4v) is 5.99. The van der Waals surface area contributed by atoms with Crippen LogP contribution in [0, 0.1) is 6.92 Å². The standard InChI is InChI=1S/C28H33BrN10O/c1-19-22(31-7-10-37-8-2-3-9-37)15-20(28(40)34-21-5-4-6-30-17-21)16-23(19)38-11-13-39(14-12-38)27-24-25(29)35-36-26(24)32-18-33-27/h4-6,15-18,31H,2-3,7-14H2,1H3,(H,34,40)(H,32,33,35,36). The number of hydrogen-bond donors (Lipinski definition) is 3. The molecule has 2 aliphatic heterocycles. The molecule has 2 saturated heterocycles. The Morgan fingerprint density at radius 3 is 2.65 bits per heavy atom. The molecular weight excluding hydrogens is 572 g/mol. The number of nitrogens with one attached hydrogen (secondary N) is 3. The molecule has 0 radical (unpaired) electrons. The van der Waals surface area contributed by atoms with Crippen molar-refractivity contribution in [2.75, 3.05) is 72.8 Å². The number of likely N-dealkylation sites (tertiary alicyclic amines) is 1. The largest absolute Gasteiger partial charge is 0.383 e. The monoisotopic (exact) mass is 604 g/mol. The topological polar surface area (TPSA) is 118 Å². The normalized spacial score (nSPS) is 16.1. The van der Waals surface area contributed by atoms with Gasteiger partial charge >= 0.3 is 0 Å². The number of halogens is 1. The van der Waals surface area contributed by atoms with Crippen LogP contribution in [-0.4, -0.2) is 88.3 Å². The first-order chi connectivity index (χ1) is 19.6. The van der Waals surface area contributed by atoms with E-state index >= 15 is 0 Å². The lowest BCUT2D eigenvalue weighted by Gasteiger charge is -2.38. The van der Waals surface area contributed by atoms with Crippen molar-refractivity contribution in [2.24, 2.45) is 0 Å². The van der Waals surface area contributed by atoms with Crippen LogP contribution in [-0.2, 0) is 0 Å². The smallest absolute Gasteiger partial charge is 0.255 e. The summed E-state index contributed by atoms with van der Waals surface area (Å²) < 4.78 is 0.786. The Morgan fingerprint density at radius 2 is 1.88 bits per heavy atom. The number of hydrogen-bond acceptors (Lipinski definition) is 9. The van der Waals surface area contributed by atoms with E-state index < -0.39 is 0 Å². The molecule has 208 valence electrons. The van der Waals surface area contributed by atoms with Crippen molar-refractivity contribution in [3.63, 3.8) is 0 Å². The maximum absolute atomic E-state index is 13.3. The van der Waals surface area contributed by atoms with Gasteiger partial charge in [0.05, 0.1) is 17.3 Å². The van der Waals surface area contributed by atoms with E-state index in [1.807, 2.05) is 24.3 Å². The summed E-state index contributed by atoms with van der Waals surface area (Å²) in [6.45, 7) is 9.46. The third-order valence-corrected chi connectivity index (χ3v) is 8.28. The molecule has 3 aromatic heterocycles. The van der Waals surface area contributed by atoms with Crippen molar-refractivity contribution >= 4 is 55.8 Å². The van der Waals surface area contributed by atoms with Crippen LogP contribution >= 0.6 is 15.9 Å². The Labute approximate surface area is 241 Å². The van der Waals surface area contributed by atoms with Gasteiger partial charge in [0, 0.05) is 62.4 Å².